The standard InChI is InChI=1S/C28H30Cl3N3O4S/c1-4-26(28(36)32-5-2)33(17-20-8-10-21(29)11-9-20)27(35)18-34(24-15-22(30)14-23(31)16-24)39(37,38)25-12-6-19(3)7-13-25/h6-16,26H,4-5,17-18H2,1-3H3,(H,32,36)/t26-/m1/s1. The van der Waals surface area contributed by atoms with Gasteiger partial charge in [0.1, 0.15) is 12.6 Å². The molecule has 7 nitrogen and oxygen atoms in total. The van der Waals surface area contributed by atoms with Crippen LogP contribution >= 0.6 is 34.8 Å². The number of aryl methyl sites for hydroxylation is 1. The molecule has 2 amide bonds. The van der Waals surface area contributed by atoms with E-state index in [1.807, 2.05) is 6.92 Å². The Morgan fingerprint density at radius 3 is 2.00 bits per heavy atom. The molecule has 0 spiro atoms. The second kappa shape index (κ2) is 13.5. The van der Waals surface area contributed by atoms with Crippen LogP contribution < -0.4 is 9.62 Å². The Balaban J connectivity index is 2.09. The van der Waals surface area contributed by atoms with Gasteiger partial charge in [-0.3, -0.25) is 13.9 Å². The van der Waals surface area contributed by atoms with Gasteiger partial charge in [0, 0.05) is 28.2 Å². The molecule has 39 heavy (non-hydrogen) atoms. The van der Waals surface area contributed by atoms with Crippen LogP contribution in [-0.2, 0) is 26.2 Å². The Morgan fingerprint density at radius 2 is 1.46 bits per heavy atom. The summed E-state index contributed by atoms with van der Waals surface area (Å²) in [5.74, 6) is -0.907. The lowest BCUT2D eigenvalue weighted by molar-refractivity contribution is -0.140. The van der Waals surface area contributed by atoms with Crippen molar-refractivity contribution in [3.8, 4) is 0 Å². The molecule has 0 aliphatic heterocycles. The van der Waals surface area contributed by atoms with Crippen molar-refractivity contribution >= 4 is 62.3 Å². The van der Waals surface area contributed by atoms with E-state index in [1.54, 1.807) is 50.2 Å². The second-order valence-corrected chi connectivity index (χ2v) is 12.1. The van der Waals surface area contributed by atoms with Crippen molar-refractivity contribution < 1.29 is 18.0 Å². The summed E-state index contributed by atoms with van der Waals surface area (Å²) in [6.45, 7) is 5.29. The van der Waals surface area contributed by atoms with Crippen LogP contribution in [0.3, 0.4) is 0 Å². The van der Waals surface area contributed by atoms with E-state index < -0.39 is 28.5 Å². The zero-order chi connectivity index (χ0) is 28.7. The Morgan fingerprint density at radius 1 is 0.872 bits per heavy atom. The maximum Gasteiger partial charge on any atom is 0.264 e. The summed E-state index contributed by atoms with van der Waals surface area (Å²) in [6.07, 6.45) is 0.318. The van der Waals surface area contributed by atoms with E-state index in [4.69, 9.17) is 34.8 Å². The zero-order valence-corrected chi connectivity index (χ0v) is 24.9. The number of nitrogens with zero attached hydrogens (tertiary/aromatic N) is 2. The quantitative estimate of drug-likeness (QED) is 0.285. The van der Waals surface area contributed by atoms with Gasteiger partial charge in [-0.1, -0.05) is 71.6 Å². The number of likely N-dealkylation sites (N-methyl/N-ethyl adjacent to an activating group) is 1. The number of anilines is 1. The van der Waals surface area contributed by atoms with E-state index in [0.717, 1.165) is 15.4 Å². The highest BCUT2D eigenvalue weighted by Gasteiger charge is 2.33. The van der Waals surface area contributed by atoms with Crippen molar-refractivity contribution in [3.05, 3.63) is 92.9 Å². The number of halogens is 3. The highest BCUT2D eigenvalue weighted by Crippen LogP contribution is 2.30. The molecule has 0 aromatic heterocycles. The molecule has 1 atom stereocenters. The average Bonchev–Trinajstić information content (AvgIpc) is 2.88. The van der Waals surface area contributed by atoms with E-state index in [2.05, 4.69) is 5.32 Å². The van der Waals surface area contributed by atoms with Crippen LogP contribution in [0.15, 0.2) is 71.6 Å². The molecule has 11 heteroatoms. The van der Waals surface area contributed by atoms with Gasteiger partial charge in [0.15, 0.2) is 0 Å². The summed E-state index contributed by atoms with van der Waals surface area (Å²) in [6, 6.07) is 16.7. The van der Waals surface area contributed by atoms with Gasteiger partial charge in [-0.05, 0) is 68.3 Å². The molecule has 3 aromatic carbocycles. The van der Waals surface area contributed by atoms with E-state index in [9.17, 15) is 18.0 Å². The van der Waals surface area contributed by atoms with E-state index in [0.29, 0.717) is 18.0 Å². The fourth-order valence-electron chi connectivity index (χ4n) is 4.05. The second-order valence-electron chi connectivity index (χ2n) is 8.92. The first-order chi connectivity index (χ1) is 18.5. The maximum absolute atomic E-state index is 14.0. The molecule has 0 aliphatic carbocycles. The van der Waals surface area contributed by atoms with Gasteiger partial charge < -0.3 is 10.2 Å². The highest BCUT2D eigenvalue weighted by molar-refractivity contribution is 7.92. The van der Waals surface area contributed by atoms with E-state index in [1.165, 1.54) is 35.2 Å². The van der Waals surface area contributed by atoms with Crippen LogP contribution in [0.5, 0.6) is 0 Å². The number of carbonyl (C=O) groups is 2. The molecule has 0 radical (unpaired) electrons. The van der Waals surface area contributed by atoms with Crippen molar-refractivity contribution in [2.24, 2.45) is 0 Å². The Kier molecular flexibility index (Phi) is 10.7. The van der Waals surface area contributed by atoms with Gasteiger partial charge in [-0.15, -0.1) is 0 Å². The number of nitrogens with one attached hydrogen (secondary N) is 1. The maximum atomic E-state index is 14.0. The first-order valence-corrected chi connectivity index (χ1v) is 14.9. The molecule has 3 aromatic rings. The zero-order valence-electron chi connectivity index (χ0n) is 21.8. The van der Waals surface area contributed by atoms with Gasteiger partial charge in [-0.2, -0.15) is 0 Å². The molecule has 0 saturated carbocycles. The Labute approximate surface area is 244 Å². The van der Waals surface area contributed by atoms with Gasteiger partial charge in [0.25, 0.3) is 10.0 Å². The molecule has 0 saturated heterocycles. The number of carbonyl (C=O) groups excluding carboxylic acids is 2. The van der Waals surface area contributed by atoms with Crippen LogP contribution in [0.4, 0.5) is 5.69 Å². The molecule has 208 valence electrons. The molecule has 0 fully saturated rings. The first-order valence-electron chi connectivity index (χ1n) is 12.3. The monoisotopic (exact) mass is 609 g/mol. The summed E-state index contributed by atoms with van der Waals surface area (Å²) < 4.78 is 28.7. The number of benzene rings is 3. The topological polar surface area (TPSA) is 86.8 Å². The third kappa shape index (κ3) is 7.88. The molecule has 3 rings (SSSR count). The fourth-order valence-corrected chi connectivity index (χ4v) is 6.09. The number of hydrogen-bond acceptors (Lipinski definition) is 4. The molecular formula is C28H30Cl3N3O4S. The minimum atomic E-state index is -4.22. The van der Waals surface area contributed by atoms with Crippen LogP contribution in [-0.4, -0.2) is 44.3 Å². The highest BCUT2D eigenvalue weighted by atomic mass is 35.5. The minimum Gasteiger partial charge on any atom is -0.355 e. The molecule has 0 heterocycles. The molecule has 0 bridgehead atoms. The van der Waals surface area contributed by atoms with Crippen LogP contribution in [0.25, 0.3) is 0 Å². The van der Waals surface area contributed by atoms with Crippen molar-refractivity contribution in [2.45, 2.75) is 44.7 Å². The summed E-state index contributed by atoms with van der Waals surface area (Å²) in [4.78, 5) is 28.3. The van der Waals surface area contributed by atoms with Crippen LogP contribution in [0.1, 0.15) is 31.4 Å². The first kappa shape index (κ1) is 30.8. The summed E-state index contributed by atoms with van der Waals surface area (Å²) >= 11 is 18.5. The number of sulfonamides is 1. The van der Waals surface area contributed by atoms with Crippen molar-refractivity contribution in [3.63, 3.8) is 0 Å². The van der Waals surface area contributed by atoms with Gasteiger partial charge in [-0.25, -0.2) is 8.42 Å². The largest absolute Gasteiger partial charge is 0.355 e. The smallest absolute Gasteiger partial charge is 0.264 e. The van der Waals surface area contributed by atoms with E-state index >= 15 is 0 Å². The normalized spacial score (nSPS) is 12.1. The number of rotatable bonds is 11. The molecule has 1 N–H and O–H groups in total. The van der Waals surface area contributed by atoms with E-state index in [-0.39, 0.29) is 33.1 Å². The van der Waals surface area contributed by atoms with Crippen molar-refractivity contribution in [2.75, 3.05) is 17.4 Å². The van der Waals surface area contributed by atoms with Gasteiger partial charge >= 0.3 is 0 Å². The number of hydrogen-bond donors (Lipinski definition) is 1. The SMILES string of the molecule is CCNC(=O)[C@@H](CC)N(Cc1ccc(Cl)cc1)C(=O)CN(c1cc(Cl)cc(Cl)c1)S(=O)(=O)c1ccc(C)cc1. The lowest BCUT2D eigenvalue weighted by Crippen LogP contribution is -2.52. The Hall–Kier alpha value is -2.78. The van der Waals surface area contributed by atoms with Crippen LogP contribution in [0, 0.1) is 6.92 Å². The lowest BCUT2D eigenvalue weighted by Gasteiger charge is -2.33. The third-order valence-electron chi connectivity index (χ3n) is 6.03. The summed E-state index contributed by atoms with van der Waals surface area (Å²) in [5.41, 5.74) is 1.73. The third-order valence-corrected chi connectivity index (χ3v) is 8.50. The van der Waals surface area contributed by atoms with Crippen molar-refractivity contribution in [1.29, 1.82) is 0 Å². The Bertz CT molecular complexity index is 1390. The average molecular weight is 611 g/mol. The summed E-state index contributed by atoms with van der Waals surface area (Å²) in [5, 5.41) is 3.71. The summed E-state index contributed by atoms with van der Waals surface area (Å²) in [7, 11) is -4.22. The van der Waals surface area contributed by atoms with Gasteiger partial charge in [0.2, 0.25) is 11.8 Å². The number of amides is 2. The van der Waals surface area contributed by atoms with Crippen molar-refractivity contribution in [1.82, 2.24) is 10.2 Å². The predicted octanol–water partition coefficient (Wildman–Crippen LogP) is 6.09. The van der Waals surface area contributed by atoms with Crippen LogP contribution in [0.2, 0.25) is 15.1 Å². The minimum absolute atomic E-state index is 0.00276. The fraction of sp³-hybridized carbons (Fsp3) is 0.286. The molecule has 0 unspecified atom stereocenters. The van der Waals surface area contributed by atoms with Gasteiger partial charge in [0.05, 0.1) is 10.6 Å². The lowest BCUT2D eigenvalue weighted by atomic mass is 10.1. The predicted molar refractivity (Wildman–Crippen MR) is 157 cm³/mol. The molecule has 0 aliphatic rings. The molecular weight excluding hydrogens is 581 g/mol.